The van der Waals surface area contributed by atoms with E-state index < -0.39 is 11.9 Å². The molecule has 8 nitrogen and oxygen atoms in total. The van der Waals surface area contributed by atoms with Crippen LogP contribution in [0.2, 0.25) is 0 Å². The molecule has 1 fully saturated rings. The Kier molecular flexibility index (Phi) is 5.80. The van der Waals surface area contributed by atoms with Gasteiger partial charge in [-0.05, 0) is 42.7 Å². The summed E-state index contributed by atoms with van der Waals surface area (Å²) in [6.07, 6.45) is 6.18. The Labute approximate surface area is 172 Å². The van der Waals surface area contributed by atoms with Crippen LogP contribution in [0.5, 0.6) is 0 Å². The number of rotatable bonds is 5. The van der Waals surface area contributed by atoms with Crippen molar-refractivity contribution in [3.05, 3.63) is 60.6 Å². The van der Waals surface area contributed by atoms with Crippen molar-refractivity contribution in [2.75, 3.05) is 29.6 Å². The Morgan fingerprint density at radius 3 is 2.53 bits per heavy atom. The smallest absolute Gasteiger partial charge is 0.275 e. The van der Waals surface area contributed by atoms with Gasteiger partial charge in [0.25, 0.3) is 5.91 Å². The number of pyridine rings is 1. The summed E-state index contributed by atoms with van der Waals surface area (Å²) in [4.78, 5) is 24.7. The standard InChI is InChI=1S/C21H21FN6O2/c22-19-4-2-14(10-25-19)13-1-3-16(23)17(9-13)28-21(29)18-11-26-20(12-24-18)27-15-5-7-30-8-6-15/h1-4,9-12,15H,5-8,23H2,(H,26,27)(H,28,29). The molecule has 0 radical (unpaired) electrons. The molecule has 0 spiro atoms. The number of carbonyl (C=O) groups excluding carboxylic acids is 1. The van der Waals surface area contributed by atoms with Crippen LogP contribution in [-0.4, -0.2) is 40.1 Å². The van der Waals surface area contributed by atoms with Gasteiger partial charge in [-0.25, -0.2) is 15.0 Å². The van der Waals surface area contributed by atoms with Gasteiger partial charge in [0.2, 0.25) is 5.95 Å². The summed E-state index contributed by atoms with van der Waals surface area (Å²) in [6.45, 7) is 1.44. The molecule has 0 bridgehead atoms. The number of benzene rings is 1. The highest BCUT2D eigenvalue weighted by atomic mass is 19.1. The summed E-state index contributed by atoms with van der Waals surface area (Å²) in [5.74, 6) is -0.374. The van der Waals surface area contributed by atoms with Crippen molar-refractivity contribution < 1.29 is 13.9 Å². The van der Waals surface area contributed by atoms with E-state index in [1.54, 1.807) is 24.3 Å². The highest BCUT2D eigenvalue weighted by molar-refractivity contribution is 6.04. The minimum atomic E-state index is -0.559. The van der Waals surface area contributed by atoms with Gasteiger partial charge in [-0.3, -0.25) is 4.79 Å². The highest BCUT2D eigenvalue weighted by Gasteiger charge is 2.15. The van der Waals surface area contributed by atoms with Crippen molar-refractivity contribution in [1.82, 2.24) is 15.0 Å². The number of nitrogen functional groups attached to an aromatic ring is 1. The third-order valence-corrected chi connectivity index (χ3v) is 4.82. The molecule has 1 aromatic carbocycles. The second-order valence-electron chi connectivity index (χ2n) is 6.94. The summed E-state index contributed by atoms with van der Waals surface area (Å²) in [7, 11) is 0. The average molecular weight is 408 g/mol. The highest BCUT2D eigenvalue weighted by Crippen LogP contribution is 2.27. The minimum Gasteiger partial charge on any atom is -0.397 e. The number of hydrogen-bond acceptors (Lipinski definition) is 7. The molecule has 1 aliphatic heterocycles. The van der Waals surface area contributed by atoms with Gasteiger partial charge >= 0.3 is 0 Å². The fraction of sp³-hybridized carbons (Fsp3) is 0.238. The molecule has 4 rings (SSSR count). The van der Waals surface area contributed by atoms with Crippen molar-refractivity contribution >= 4 is 23.1 Å². The second-order valence-corrected chi connectivity index (χ2v) is 6.94. The lowest BCUT2D eigenvalue weighted by Crippen LogP contribution is -2.28. The van der Waals surface area contributed by atoms with Gasteiger partial charge in [-0.15, -0.1) is 0 Å². The van der Waals surface area contributed by atoms with Gasteiger partial charge in [0.15, 0.2) is 0 Å². The van der Waals surface area contributed by atoms with E-state index in [0.717, 1.165) is 31.6 Å². The summed E-state index contributed by atoms with van der Waals surface area (Å²) >= 11 is 0. The quantitative estimate of drug-likeness (QED) is 0.439. The van der Waals surface area contributed by atoms with E-state index in [1.807, 2.05) is 0 Å². The van der Waals surface area contributed by atoms with Crippen LogP contribution in [0.15, 0.2) is 48.9 Å². The fourth-order valence-electron chi connectivity index (χ4n) is 3.15. The Hall–Kier alpha value is -3.59. The largest absolute Gasteiger partial charge is 0.397 e. The first-order valence-corrected chi connectivity index (χ1v) is 9.57. The van der Waals surface area contributed by atoms with Crippen LogP contribution < -0.4 is 16.4 Å². The zero-order valence-electron chi connectivity index (χ0n) is 16.1. The summed E-state index contributed by atoms with van der Waals surface area (Å²) in [5, 5.41) is 6.05. The van der Waals surface area contributed by atoms with Crippen molar-refractivity contribution in [2.45, 2.75) is 18.9 Å². The molecule has 9 heteroatoms. The Balaban J connectivity index is 1.45. The molecular formula is C21H21FN6O2. The second kappa shape index (κ2) is 8.83. The van der Waals surface area contributed by atoms with Crippen LogP contribution in [0.25, 0.3) is 11.1 Å². The molecule has 0 aliphatic carbocycles. The molecule has 0 unspecified atom stereocenters. The number of hydrogen-bond donors (Lipinski definition) is 3. The number of nitrogens with zero attached hydrogens (tertiary/aromatic N) is 3. The predicted octanol–water partition coefficient (Wildman–Crippen LogP) is 3.10. The van der Waals surface area contributed by atoms with E-state index >= 15 is 0 Å². The summed E-state index contributed by atoms with van der Waals surface area (Å²) in [6, 6.07) is 8.31. The molecule has 154 valence electrons. The van der Waals surface area contributed by atoms with Gasteiger partial charge in [0, 0.05) is 31.0 Å². The molecule has 2 aromatic heterocycles. The van der Waals surface area contributed by atoms with Crippen LogP contribution >= 0.6 is 0 Å². The molecule has 30 heavy (non-hydrogen) atoms. The summed E-state index contributed by atoms with van der Waals surface area (Å²) < 4.78 is 18.4. The predicted molar refractivity (Wildman–Crippen MR) is 111 cm³/mol. The topological polar surface area (TPSA) is 115 Å². The monoisotopic (exact) mass is 408 g/mol. The third-order valence-electron chi connectivity index (χ3n) is 4.82. The molecule has 0 saturated carbocycles. The first-order valence-electron chi connectivity index (χ1n) is 9.57. The van der Waals surface area contributed by atoms with Crippen LogP contribution in [0.1, 0.15) is 23.3 Å². The van der Waals surface area contributed by atoms with Crippen molar-refractivity contribution in [2.24, 2.45) is 0 Å². The van der Waals surface area contributed by atoms with Crippen molar-refractivity contribution in [1.29, 1.82) is 0 Å². The Morgan fingerprint density at radius 1 is 1.03 bits per heavy atom. The number of halogens is 1. The third kappa shape index (κ3) is 4.69. The van der Waals surface area contributed by atoms with Gasteiger partial charge in [0.05, 0.1) is 23.8 Å². The van der Waals surface area contributed by atoms with E-state index in [2.05, 4.69) is 25.6 Å². The Morgan fingerprint density at radius 2 is 1.83 bits per heavy atom. The number of ether oxygens (including phenoxy) is 1. The molecule has 1 saturated heterocycles. The molecule has 1 aliphatic rings. The van der Waals surface area contributed by atoms with Crippen molar-refractivity contribution in [3.63, 3.8) is 0 Å². The minimum absolute atomic E-state index is 0.167. The molecular weight excluding hydrogens is 387 g/mol. The molecule has 1 amide bonds. The number of nitrogens with two attached hydrogens (primary N) is 1. The van der Waals surface area contributed by atoms with E-state index in [0.29, 0.717) is 22.8 Å². The molecule has 3 heterocycles. The molecule has 3 aromatic rings. The van der Waals surface area contributed by atoms with Gasteiger partial charge in [-0.1, -0.05) is 6.07 Å². The van der Waals surface area contributed by atoms with Gasteiger partial charge in [-0.2, -0.15) is 4.39 Å². The van der Waals surface area contributed by atoms with Gasteiger partial charge < -0.3 is 21.1 Å². The first-order chi connectivity index (χ1) is 14.6. The first kappa shape index (κ1) is 19.7. The van der Waals surface area contributed by atoms with E-state index in [1.165, 1.54) is 24.7 Å². The number of aromatic nitrogens is 3. The van der Waals surface area contributed by atoms with Crippen LogP contribution in [0.3, 0.4) is 0 Å². The van der Waals surface area contributed by atoms with Crippen LogP contribution in [-0.2, 0) is 4.74 Å². The average Bonchev–Trinajstić information content (AvgIpc) is 2.77. The SMILES string of the molecule is Nc1ccc(-c2ccc(F)nc2)cc1NC(=O)c1cnc(NC2CCOCC2)cn1. The lowest BCUT2D eigenvalue weighted by Gasteiger charge is -2.23. The number of amides is 1. The van der Waals surface area contributed by atoms with Crippen molar-refractivity contribution in [3.8, 4) is 11.1 Å². The Bertz CT molecular complexity index is 1020. The normalized spacial score (nSPS) is 14.3. The van der Waals surface area contributed by atoms with Crippen LogP contribution in [0, 0.1) is 5.95 Å². The van der Waals surface area contributed by atoms with Gasteiger partial charge in [0.1, 0.15) is 11.5 Å². The lowest BCUT2D eigenvalue weighted by atomic mass is 10.1. The maximum absolute atomic E-state index is 13.1. The van der Waals surface area contributed by atoms with Crippen LogP contribution in [0.4, 0.5) is 21.6 Å². The lowest BCUT2D eigenvalue weighted by molar-refractivity contribution is 0.0904. The maximum Gasteiger partial charge on any atom is 0.275 e. The van der Waals surface area contributed by atoms with E-state index in [9.17, 15) is 9.18 Å². The summed E-state index contributed by atoms with van der Waals surface area (Å²) in [5.41, 5.74) is 8.44. The molecule has 0 atom stereocenters. The number of nitrogens with one attached hydrogen (secondary N) is 2. The van der Waals surface area contributed by atoms with E-state index in [4.69, 9.17) is 10.5 Å². The van der Waals surface area contributed by atoms with E-state index in [-0.39, 0.29) is 11.7 Å². The zero-order valence-corrected chi connectivity index (χ0v) is 16.1. The number of carbonyl (C=O) groups is 1. The zero-order chi connectivity index (χ0) is 20.9. The number of anilines is 3. The maximum atomic E-state index is 13.1. The molecule has 4 N–H and O–H groups in total. The fourth-order valence-corrected chi connectivity index (χ4v) is 3.15.